The molecule has 0 atom stereocenters. The zero-order valence-electron chi connectivity index (χ0n) is 13.6. The lowest BCUT2D eigenvalue weighted by Gasteiger charge is -2.07. The highest BCUT2D eigenvalue weighted by atomic mass is 16.3. The fourth-order valence-corrected chi connectivity index (χ4v) is 2.94. The summed E-state index contributed by atoms with van der Waals surface area (Å²) in [5, 5.41) is 4.38. The van der Waals surface area contributed by atoms with Gasteiger partial charge in [-0.1, -0.05) is 0 Å². The molecule has 0 amide bonds. The fourth-order valence-electron chi connectivity index (χ4n) is 2.94. The average molecular weight is 322 g/mol. The number of nitrogens with zero attached hydrogens (tertiary/aromatic N) is 3. The maximum atomic E-state index is 5.49. The lowest BCUT2D eigenvalue weighted by Crippen LogP contribution is -2.04. The molecule has 4 rings (SSSR count). The monoisotopic (exact) mass is 322 g/mol. The highest BCUT2D eigenvalue weighted by Gasteiger charge is 2.17. The molecule has 0 aromatic carbocycles. The van der Waals surface area contributed by atoms with Crippen molar-refractivity contribution in [2.45, 2.75) is 26.9 Å². The van der Waals surface area contributed by atoms with Crippen molar-refractivity contribution in [1.29, 1.82) is 0 Å². The van der Waals surface area contributed by atoms with Crippen LogP contribution in [0.5, 0.6) is 0 Å². The Morgan fingerprint density at radius 2 is 1.79 bits per heavy atom. The number of fused-ring (bicyclic) bond motifs is 1. The third-order valence-corrected chi connectivity index (χ3v) is 4.31. The van der Waals surface area contributed by atoms with E-state index in [0.29, 0.717) is 13.1 Å². The van der Waals surface area contributed by atoms with Gasteiger partial charge in [0, 0.05) is 5.69 Å². The Kier molecular flexibility index (Phi) is 3.57. The molecule has 4 heterocycles. The van der Waals surface area contributed by atoms with E-state index in [-0.39, 0.29) is 0 Å². The van der Waals surface area contributed by atoms with E-state index in [9.17, 15) is 0 Å². The molecule has 122 valence electrons. The van der Waals surface area contributed by atoms with Gasteiger partial charge in [0.1, 0.15) is 29.3 Å². The molecule has 0 unspecified atom stereocenters. The lowest BCUT2D eigenvalue weighted by molar-refractivity contribution is 0.494. The summed E-state index contributed by atoms with van der Waals surface area (Å²) >= 11 is 0. The van der Waals surface area contributed by atoms with Crippen molar-refractivity contribution >= 4 is 16.9 Å². The van der Waals surface area contributed by atoms with Crippen LogP contribution in [0.3, 0.4) is 0 Å². The van der Waals surface area contributed by atoms with Gasteiger partial charge in [0.05, 0.1) is 31.0 Å². The van der Waals surface area contributed by atoms with Gasteiger partial charge in [-0.15, -0.1) is 0 Å². The van der Waals surface area contributed by atoms with Crippen LogP contribution in [-0.2, 0) is 13.1 Å². The standard InChI is InChI=1S/C18H18N4O2/c1-12-13(2)22(10-15-6-4-8-24-15)18-16(12)17(20-11-21-18)19-9-14-5-3-7-23-14/h3-8,11H,9-10H2,1-2H3,(H,19,20,21). The van der Waals surface area contributed by atoms with E-state index in [1.54, 1.807) is 18.9 Å². The van der Waals surface area contributed by atoms with Gasteiger partial charge in [-0.3, -0.25) is 0 Å². The maximum Gasteiger partial charge on any atom is 0.146 e. The van der Waals surface area contributed by atoms with Crippen LogP contribution in [-0.4, -0.2) is 14.5 Å². The number of aromatic nitrogens is 3. The number of anilines is 1. The van der Waals surface area contributed by atoms with E-state index >= 15 is 0 Å². The third-order valence-electron chi connectivity index (χ3n) is 4.31. The van der Waals surface area contributed by atoms with Crippen LogP contribution in [0.25, 0.3) is 11.0 Å². The SMILES string of the molecule is Cc1c(C)n(Cc2ccco2)c2ncnc(NCc3ccco3)c12. The van der Waals surface area contributed by atoms with Gasteiger partial charge in [0.25, 0.3) is 0 Å². The van der Waals surface area contributed by atoms with Gasteiger partial charge in [0.2, 0.25) is 0 Å². The minimum absolute atomic E-state index is 0.584. The molecule has 24 heavy (non-hydrogen) atoms. The normalized spacial score (nSPS) is 11.2. The van der Waals surface area contributed by atoms with Gasteiger partial charge < -0.3 is 18.7 Å². The van der Waals surface area contributed by atoms with Gasteiger partial charge in [-0.25, -0.2) is 9.97 Å². The van der Waals surface area contributed by atoms with Crippen LogP contribution in [0.15, 0.2) is 52.0 Å². The minimum atomic E-state index is 0.584. The second-order valence-electron chi connectivity index (χ2n) is 5.73. The average Bonchev–Trinajstić information content (AvgIpc) is 3.33. The Hall–Kier alpha value is -3.02. The maximum absolute atomic E-state index is 5.49. The Labute approximate surface area is 139 Å². The Morgan fingerprint density at radius 3 is 2.50 bits per heavy atom. The summed E-state index contributed by atoms with van der Waals surface area (Å²) < 4.78 is 13.0. The highest BCUT2D eigenvalue weighted by molar-refractivity contribution is 5.91. The molecule has 0 saturated carbocycles. The zero-order valence-corrected chi connectivity index (χ0v) is 13.6. The van der Waals surface area contributed by atoms with Gasteiger partial charge >= 0.3 is 0 Å². The summed E-state index contributed by atoms with van der Waals surface area (Å²) in [5.41, 5.74) is 3.22. The molecule has 0 radical (unpaired) electrons. The lowest BCUT2D eigenvalue weighted by atomic mass is 10.2. The molecular formula is C18H18N4O2. The number of nitrogens with one attached hydrogen (secondary N) is 1. The fraction of sp³-hybridized carbons (Fsp3) is 0.222. The van der Waals surface area contributed by atoms with Crippen LogP contribution in [0.4, 0.5) is 5.82 Å². The molecule has 0 aliphatic heterocycles. The molecule has 0 saturated heterocycles. The molecule has 0 aliphatic rings. The minimum Gasteiger partial charge on any atom is -0.467 e. The van der Waals surface area contributed by atoms with Gasteiger partial charge in [0.15, 0.2) is 0 Å². The number of furan rings is 2. The summed E-state index contributed by atoms with van der Waals surface area (Å²) in [6.07, 6.45) is 4.95. The van der Waals surface area contributed by atoms with Crippen LogP contribution in [0, 0.1) is 13.8 Å². The second kappa shape index (κ2) is 5.88. The quantitative estimate of drug-likeness (QED) is 0.603. The van der Waals surface area contributed by atoms with E-state index in [2.05, 4.69) is 33.7 Å². The molecule has 0 aliphatic carbocycles. The number of rotatable bonds is 5. The summed E-state index contributed by atoms with van der Waals surface area (Å²) in [6, 6.07) is 7.68. The second-order valence-corrected chi connectivity index (χ2v) is 5.73. The van der Waals surface area contributed by atoms with Crippen LogP contribution in [0.2, 0.25) is 0 Å². The first-order chi connectivity index (χ1) is 11.7. The third kappa shape index (κ3) is 2.46. The summed E-state index contributed by atoms with van der Waals surface area (Å²) in [5.74, 6) is 2.58. The predicted molar refractivity (Wildman–Crippen MR) is 90.8 cm³/mol. The molecule has 6 heteroatoms. The van der Waals surface area contributed by atoms with Crippen LogP contribution < -0.4 is 5.32 Å². The molecule has 1 N–H and O–H groups in total. The smallest absolute Gasteiger partial charge is 0.146 e. The van der Waals surface area contributed by atoms with Crippen molar-refractivity contribution in [3.63, 3.8) is 0 Å². The van der Waals surface area contributed by atoms with Crippen molar-refractivity contribution in [2.24, 2.45) is 0 Å². The molecule has 0 bridgehead atoms. The molecule has 4 aromatic heterocycles. The largest absolute Gasteiger partial charge is 0.467 e. The van der Waals surface area contributed by atoms with E-state index in [4.69, 9.17) is 8.83 Å². The molecule has 0 fully saturated rings. The Bertz CT molecular complexity index is 953. The van der Waals surface area contributed by atoms with Crippen molar-refractivity contribution in [2.75, 3.05) is 5.32 Å². The van der Waals surface area contributed by atoms with Crippen molar-refractivity contribution < 1.29 is 8.83 Å². The first-order valence-corrected chi connectivity index (χ1v) is 7.83. The summed E-state index contributed by atoms with van der Waals surface area (Å²) in [7, 11) is 0. The van der Waals surface area contributed by atoms with Crippen molar-refractivity contribution in [1.82, 2.24) is 14.5 Å². The molecular weight excluding hydrogens is 304 g/mol. The summed E-state index contributed by atoms with van der Waals surface area (Å²) in [4.78, 5) is 8.91. The molecule has 4 aromatic rings. The van der Waals surface area contributed by atoms with Crippen LogP contribution in [0.1, 0.15) is 22.8 Å². The van der Waals surface area contributed by atoms with E-state index < -0.39 is 0 Å². The number of aryl methyl sites for hydroxylation is 1. The highest BCUT2D eigenvalue weighted by Crippen LogP contribution is 2.29. The number of hydrogen-bond donors (Lipinski definition) is 1. The van der Waals surface area contributed by atoms with Crippen molar-refractivity contribution in [3.8, 4) is 0 Å². The summed E-state index contributed by atoms with van der Waals surface area (Å²) in [6.45, 7) is 5.42. The molecule has 0 spiro atoms. The first-order valence-electron chi connectivity index (χ1n) is 7.83. The van der Waals surface area contributed by atoms with Crippen molar-refractivity contribution in [3.05, 3.63) is 65.9 Å². The topological polar surface area (TPSA) is 69.0 Å². The number of hydrogen-bond acceptors (Lipinski definition) is 5. The first kappa shape index (κ1) is 14.6. The van der Waals surface area contributed by atoms with Gasteiger partial charge in [-0.2, -0.15) is 0 Å². The molecule has 6 nitrogen and oxygen atoms in total. The Balaban J connectivity index is 1.73. The van der Waals surface area contributed by atoms with Crippen LogP contribution >= 0.6 is 0 Å². The predicted octanol–water partition coefficient (Wildman–Crippen LogP) is 3.89. The van der Waals surface area contributed by atoms with Gasteiger partial charge in [-0.05, 0) is 43.7 Å². The Morgan fingerprint density at radius 1 is 1.04 bits per heavy atom. The van der Waals surface area contributed by atoms with E-state index in [1.807, 2.05) is 24.3 Å². The van der Waals surface area contributed by atoms with E-state index in [0.717, 1.165) is 34.1 Å². The zero-order chi connectivity index (χ0) is 16.5. The van der Waals surface area contributed by atoms with E-state index in [1.165, 1.54) is 5.56 Å².